The number of thiazole rings is 1. The SMILES string of the molecule is N#CCC(O)c1ncc(C=O)s1. The van der Waals surface area contributed by atoms with Crippen molar-refractivity contribution in [2.24, 2.45) is 0 Å². The van der Waals surface area contributed by atoms with E-state index in [4.69, 9.17) is 5.26 Å². The van der Waals surface area contributed by atoms with Gasteiger partial charge in [-0.2, -0.15) is 5.26 Å². The van der Waals surface area contributed by atoms with Gasteiger partial charge in [-0.25, -0.2) is 4.98 Å². The first-order chi connectivity index (χ1) is 5.77. The molecule has 12 heavy (non-hydrogen) atoms. The van der Waals surface area contributed by atoms with E-state index >= 15 is 0 Å². The topological polar surface area (TPSA) is 74.0 Å². The van der Waals surface area contributed by atoms with E-state index < -0.39 is 6.10 Å². The fraction of sp³-hybridized carbons (Fsp3) is 0.286. The summed E-state index contributed by atoms with van der Waals surface area (Å²) in [7, 11) is 0. The molecule has 0 aliphatic rings. The summed E-state index contributed by atoms with van der Waals surface area (Å²) in [4.78, 5) is 14.5. The van der Waals surface area contributed by atoms with Gasteiger partial charge in [-0.05, 0) is 0 Å². The molecule has 0 saturated carbocycles. The molecule has 0 aliphatic carbocycles. The molecule has 1 heterocycles. The highest BCUT2D eigenvalue weighted by molar-refractivity contribution is 7.13. The highest BCUT2D eigenvalue weighted by Crippen LogP contribution is 2.20. The van der Waals surface area contributed by atoms with E-state index in [0.29, 0.717) is 16.2 Å². The third kappa shape index (κ3) is 1.87. The van der Waals surface area contributed by atoms with Crippen LogP contribution in [0.25, 0.3) is 0 Å². The largest absolute Gasteiger partial charge is 0.385 e. The summed E-state index contributed by atoms with van der Waals surface area (Å²) in [6.45, 7) is 0. The monoisotopic (exact) mass is 182 g/mol. The Labute approximate surface area is 73.1 Å². The third-order valence-electron chi connectivity index (χ3n) is 1.23. The fourth-order valence-corrected chi connectivity index (χ4v) is 1.40. The molecule has 1 N–H and O–H groups in total. The molecule has 0 bridgehead atoms. The second-order valence-corrected chi connectivity index (χ2v) is 3.19. The van der Waals surface area contributed by atoms with Crippen LogP contribution >= 0.6 is 11.3 Å². The molecule has 1 aromatic heterocycles. The summed E-state index contributed by atoms with van der Waals surface area (Å²) in [5, 5.41) is 17.9. The van der Waals surface area contributed by atoms with Gasteiger partial charge in [0.2, 0.25) is 0 Å². The lowest BCUT2D eigenvalue weighted by Crippen LogP contribution is -1.93. The number of carbonyl (C=O) groups is 1. The number of hydrogen-bond acceptors (Lipinski definition) is 5. The lowest BCUT2D eigenvalue weighted by molar-refractivity contribution is 0.112. The van der Waals surface area contributed by atoms with Crippen molar-refractivity contribution in [1.29, 1.82) is 5.26 Å². The van der Waals surface area contributed by atoms with E-state index in [-0.39, 0.29) is 6.42 Å². The van der Waals surface area contributed by atoms with Gasteiger partial charge in [0.25, 0.3) is 0 Å². The van der Waals surface area contributed by atoms with E-state index in [1.807, 2.05) is 6.07 Å². The molecule has 1 rings (SSSR count). The van der Waals surface area contributed by atoms with Crippen molar-refractivity contribution in [2.75, 3.05) is 0 Å². The zero-order valence-electron chi connectivity index (χ0n) is 6.10. The standard InChI is InChI=1S/C7H6N2O2S/c8-2-1-6(11)7-9-3-5(4-10)12-7/h3-4,6,11H,1H2. The highest BCUT2D eigenvalue weighted by atomic mass is 32.1. The maximum atomic E-state index is 10.2. The van der Waals surface area contributed by atoms with Crippen LogP contribution in [0.3, 0.4) is 0 Å². The summed E-state index contributed by atoms with van der Waals surface area (Å²) >= 11 is 1.10. The van der Waals surface area contributed by atoms with Gasteiger partial charge in [0.05, 0.1) is 17.4 Å². The summed E-state index contributed by atoms with van der Waals surface area (Å²) in [5.74, 6) is 0. The van der Waals surface area contributed by atoms with Gasteiger partial charge in [0.15, 0.2) is 6.29 Å². The molecule has 0 aromatic carbocycles. The Morgan fingerprint density at radius 3 is 3.17 bits per heavy atom. The van der Waals surface area contributed by atoms with Gasteiger partial charge < -0.3 is 5.11 Å². The smallest absolute Gasteiger partial charge is 0.161 e. The minimum Gasteiger partial charge on any atom is -0.385 e. The summed E-state index contributed by atoms with van der Waals surface area (Å²) in [5.41, 5.74) is 0. The van der Waals surface area contributed by atoms with Crippen LogP contribution in [-0.2, 0) is 0 Å². The second kappa shape index (κ2) is 3.95. The minimum absolute atomic E-state index is 0.00576. The number of carbonyl (C=O) groups excluding carboxylic acids is 1. The molecular formula is C7H6N2O2S. The van der Waals surface area contributed by atoms with E-state index in [1.54, 1.807) is 0 Å². The zero-order valence-corrected chi connectivity index (χ0v) is 6.91. The van der Waals surface area contributed by atoms with Crippen LogP contribution in [0, 0.1) is 11.3 Å². The van der Waals surface area contributed by atoms with Gasteiger partial charge in [0, 0.05) is 6.20 Å². The molecular weight excluding hydrogens is 176 g/mol. The predicted molar refractivity (Wildman–Crippen MR) is 42.7 cm³/mol. The van der Waals surface area contributed by atoms with E-state index in [1.165, 1.54) is 6.20 Å². The van der Waals surface area contributed by atoms with Crippen LogP contribution in [0.5, 0.6) is 0 Å². The predicted octanol–water partition coefficient (Wildman–Crippen LogP) is 0.903. The van der Waals surface area contributed by atoms with Crippen molar-refractivity contribution in [1.82, 2.24) is 4.98 Å². The molecule has 1 unspecified atom stereocenters. The first-order valence-electron chi connectivity index (χ1n) is 3.24. The van der Waals surface area contributed by atoms with Crippen LogP contribution in [0.2, 0.25) is 0 Å². The third-order valence-corrected chi connectivity index (χ3v) is 2.25. The second-order valence-electron chi connectivity index (χ2n) is 2.10. The molecule has 0 fully saturated rings. The molecule has 0 aliphatic heterocycles. The maximum Gasteiger partial charge on any atom is 0.161 e. The first kappa shape index (κ1) is 8.84. The molecule has 0 saturated heterocycles. The average molecular weight is 182 g/mol. The zero-order chi connectivity index (χ0) is 8.97. The number of aliphatic hydroxyl groups is 1. The summed E-state index contributed by atoms with van der Waals surface area (Å²) < 4.78 is 0. The average Bonchev–Trinajstić information content (AvgIpc) is 2.52. The number of nitrogens with zero attached hydrogens (tertiary/aromatic N) is 2. The van der Waals surface area contributed by atoms with E-state index in [9.17, 15) is 9.90 Å². The number of aromatic nitrogens is 1. The Hall–Kier alpha value is -1.25. The van der Waals surface area contributed by atoms with Crippen molar-refractivity contribution in [3.8, 4) is 6.07 Å². The van der Waals surface area contributed by atoms with Crippen LogP contribution in [0.15, 0.2) is 6.20 Å². The maximum absolute atomic E-state index is 10.2. The van der Waals surface area contributed by atoms with Crippen LogP contribution in [0.1, 0.15) is 27.2 Å². The van der Waals surface area contributed by atoms with Crippen molar-refractivity contribution in [2.45, 2.75) is 12.5 Å². The van der Waals surface area contributed by atoms with Crippen LogP contribution < -0.4 is 0 Å². The molecule has 1 aromatic rings. The van der Waals surface area contributed by atoms with Crippen LogP contribution in [-0.4, -0.2) is 16.4 Å². The Morgan fingerprint density at radius 2 is 2.67 bits per heavy atom. The fourth-order valence-electron chi connectivity index (χ4n) is 0.683. The highest BCUT2D eigenvalue weighted by Gasteiger charge is 2.10. The Bertz CT molecular complexity index is 315. The summed E-state index contributed by atoms with van der Waals surface area (Å²) in [6, 6.07) is 1.82. The van der Waals surface area contributed by atoms with E-state index in [2.05, 4.69) is 4.98 Å². The number of aldehydes is 1. The Kier molecular flexibility index (Phi) is 2.91. The molecule has 0 radical (unpaired) electrons. The van der Waals surface area contributed by atoms with Gasteiger partial charge in [-0.3, -0.25) is 4.79 Å². The molecule has 62 valence electrons. The van der Waals surface area contributed by atoms with Crippen molar-refractivity contribution in [3.05, 3.63) is 16.1 Å². The lowest BCUT2D eigenvalue weighted by Gasteiger charge is -1.98. The molecule has 0 amide bonds. The Balaban J connectivity index is 2.75. The molecule has 0 spiro atoms. The Morgan fingerprint density at radius 1 is 1.92 bits per heavy atom. The van der Waals surface area contributed by atoms with Gasteiger partial charge in [0.1, 0.15) is 11.1 Å². The van der Waals surface area contributed by atoms with Crippen molar-refractivity contribution in [3.63, 3.8) is 0 Å². The van der Waals surface area contributed by atoms with E-state index in [0.717, 1.165) is 11.3 Å². The number of nitriles is 1. The number of aliphatic hydroxyl groups excluding tert-OH is 1. The van der Waals surface area contributed by atoms with Crippen LogP contribution in [0.4, 0.5) is 0 Å². The van der Waals surface area contributed by atoms with Crippen molar-refractivity contribution < 1.29 is 9.90 Å². The first-order valence-corrected chi connectivity index (χ1v) is 4.05. The van der Waals surface area contributed by atoms with Crippen molar-refractivity contribution >= 4 is 17.6 Å². The minimum atomic E-state index is -0.867. The lowest BCUT2D eigenvalue weighted by atomic mass is 10.3. The normalized spacial score (nSPS) is 12.0. The summed E-state index contributed by atoms with van der Waals surface area (Å²) in [6.07, 6.45) is 1.19. The quantitative estimate of drug-likeness (QED) is 0.705. The van der Waals surface area contributed by atoms with Gasteiger partial charge in [-0.1, -0.05) is 0 Å². The van der Waals surface area contributed by atoms with Gasteiger partial charge in [-0.15, -0.1) is 11.3 Å². The molecule has 5 heteroatoms. The van der Waals surface area contributed by atoms with Gasteiger partial charge >= 0.3 is 0 Å². The number of hydrogen-bond donors (Lipinski definition) is 1. The molecule has 1 atom stereocenters. The molecule has 4 nitrogen and oxygen atoms in total. The number of rotatable bonds is 3.